The number of aromatic nitrogens is 2. The van der Waals surface area contributed by atoms with Gasteiger partial charge in [0.15, 0.2) is 5.82 Å². The van der Waals surface area contributed by atoms with Crippen LogP contribution in [0, 0.1) is 5.82 Å². The van der Waals surface area contributed by atoms with Gasteiger partial charge in [0.2, 0.25) is 0 Å². The Morgan fingerprint density at radius 1 is 1.45 bits per heavy atom. The number of nitrogens with zero attached hydrogens (tertiary/aromatic N) is 3. The SMILES string of the molecule is CC(C)(C)OC(=O)N1CCNC(c2ncc(F)cn2)C1. The number of piperazine rings is 1. The normalized spacial score (nSPS) is 19.8. The van der Waals surface area contributed by atoms with E-state index in [0.717, 1.165) is 12.4 Å². The Balaban J connectivity index is 2.01. The van der Waals surface area contributed by atoms with E-state index in [9.17, 15) is 9.18 Å². The number of halogens is 1. The minimum atomic E-state index is -0.524. The Morgan fingerprint density at radius 2 is 2.10 bits per heavy atom. The van der Waals surface area contributed by atoms with Gasteiger partial charge in [-0.05, 0) is 20.8 Å². The van der Waals surface area contributed by atoms with Crippen LogP contribution in [0.2, 0.25) is 0 Å². The van der Waals surface area contributed by atoms with Crippen LogP contribution in [0.25, 0.3) is 0 Å². The molecule has 0 aliphatic carbocycles. The van der Waals surface area contributed by atoms with E-state index >= 15 is 0 Å². The van der Waals surface area contributed by atoms with Gasteiger partial charge < -0.3 is 15.0 Å². The average Bonchev–Trinajstić information content (AvgIpc) is 2.38. The first-order chi connectivity index (χ1) is 9.35. The van der Waals surface area contributed by atoms with Gasteiger partial charge in [-0.2, -0.15) is 0 Å². The smallest absolute Gasteiger partial charge is 0.410 e. The molecule has 1 aromatic rings. The fraction of sp³-hybridized carbons (Fsp3) is 0.615. The molecule has 0 radical (unpaired) electrons. The highest BCUT2D eigenvalue weighted by Crippen LogP contribution is 2.16. The minimum absolute atomic E-state index is 0.211. The van der Waals surface area contributed by atoms with Gasteiger partial charge in [0.1, 0.15) is 11.4 Å². The zero-order valence-corrected chi connectivity index (χ0v) is 11.9. The lowest BCUT2D eigenvalue weighted by atomic mass is 10.2. The predicted molar refractivity (Wildman–Crippen MR) is 70.5 cm³/mol. The summed E-state index contributed by atoms with van der Waals surface area (Å²) in [6.45, 7) is 7.06. The van der Waals surface area contributed by atoms with Crippen LogP contribution in [0.1, 0.15) is 32.6 Å². The molecule has 0 bridgehead atoms. The van der Waals surface area contributed by atoms with Gasteiger partial charge in [-0.1, -0.05) is 0 Å². The fourth-order valence-corrected chi connectivity index (χ4v) is 1.92. The number of carbonyl (C=O) groups excluding carboxylic acids is 1. The molecule has 1 aliphatic rings. The summed E-state index contributed by atoms with van der Waals surface area (Å²) in [6.07, 6.45) is 1.89. The second-order valence-corrected chi connectivity index (χ2v) is 5.69. The zero-order valence-electron chi connectivity index (χ0n) is 11.9. The Morgan fingerprint density at radius 3 is 2.70 bits per heavy atom. The maximum absolute atomic E-state index is 12.8. The lowest BCUT2D eigenvalue weighted by Gasteiger charge is -2.34. The van der Waals surface area contributed by atoms with E-state index < -0.39 is 11.4 Å². The number of hydrogen-bond acceptors (Lipinski definition) is 5. The third-order valence-corrected chi connectivity index (χ3v) is 2.78. The quantitative estimate of drug-likeness (QED) is 0.845. The van der Waals surface area contributed by atoms with Crippen molar-refractivity contribution in [2.75, 3.05) is 19.6 Å². The summed E-state index contributed by atoms with van der Waals surface area (Å²) < 4.78 is 18.2. The molecule has 0 saturated carbocycles. The lowest BCUT2D eigenvalue weighted by Crippen LogP contribution is -2.50. The highest BCUT2D eigenvalue weighted by molar-refractivity contribution is 5.68. The number of ether oxygens (including phenoxy) is 1. The van der Waals surface area contributed by atoms with Crippen molar-refractivity contribution in [1.29, 1.82) is 0 Å². The van der Waals surface area contributed by atoms with E-state index in [1.165, 1.54) is 0 Å². The first-order valence-corrected chi connectivity index (χ1v) is 6.54. The molecule has 1 fully saturated rings. The fourth-order valence-electron chi connectivity index (χ4n) is 1.92. The summed E-state index contributed by atoms with van der Waals surface area (Å²) >= 11 is 0. The van der Waals surface area contributed by atoms with Crippen LogP contribution < -0.4 is 5.32 Å². The molecule has 1 amide bonds. The summed E-state index contributed by atoms with van der Waals surface area (Å²) in [6, 6.07) is -0.211. The molecular formula is C13H19FN4O2. The Hall–Kier alpha value is -1.76. The van der Waals surface area contributed by atoms with Crippen molar-refractivity contribution in [3.05, 3.63) is 24.0 Å². The molecule has 2 rings (SSSR count). The van der Waals surface area contributed by atoms with Crippen LogP contribution in [0.15, 0.2) is 12.4 Å². The third kappa shape index (κ3) is 3.86. The Kier molecular flexibility index (Phi) is 4.17. The van der Waals surface area contributed by atoms with Gasteiger partial charge in [0.25, 0.3) is 0 Å². The molecule has 110 valence electrons. The van der Waals surface area contributed by atoms with Crippen molar-refractivity contribution in [2.45, 2.75) is 32.4 Å². The molecule has 0 spiro atoms. The van der Waals surface area contributed by atoms with Gasteiger partial charge in [-0.3, -0.25) is 0 Å². The molecule has 1 N–H and O–H groups in total. The Labute approximate surface area is 117 Å². The maximum atomic E-state index is 12.8. The molecule has 1 unspecified atom stereocenters. The monoisotopic (exact) mass is 282 g/mol. The van der Waals surface area contributed by atoms with Gasteiger partial charge in [-0.25, -0.2) is 19.2 Å². The molecule has 7 heteroatoms. The maximum Gasteiger partial charge on any atom is 0.410 e. The molecule has 1 saturated heterocycles. The highest BCUT2D eigenvalue weighted by Gasteiger charge is 2.29. The highest BCUT2D eigenvalue weighted by atomic mass is 19.1. The van der Waals surface area contributed by atoms with Crippen LogP contribution in [0.5, 0.6) is 0 Å². The van der Waals surface area contributed by atoms with E-state index in [2.05, 4.69) is 15.3 Å². The van der Waals surface area contributed by atoms with Crippen molar-refractivity contribution < 1.29 is 13.9 Å². The molecule has 1 aromatic heterocycles. The molecule has 6 nitrogen and oxygen atoms in total. The summed E-state index contributed by atoms with van der Waals surface area (Å²) in [7, 11) is 0. The van der Waals surface area contributed by atoms with Gasteiger partial charge in [0, 0.05) is 19.6 Å². The number of amides is 1. The number of rotatable bonds is 1. The first-order valence-electron chi connectivity index (χ1n) is 6.54. The first kappa shape index (κ1) is 14.6. The predicted octanol–water partition coefficient (Wildman–Crippen LogP) is 1.50. The van der Waals surface area contributed by atoms with Crippen molar-refractivity contribution in [2.24, 2.45) is 0 Å². The van der Waals surface area contributed by atoms with E-state index in [4.69, 9.17) is 4.74 Å². The summed E-state index contributed by atoms with van der Waals surface area (Å²) in [5.74, 6) is -0.00628. The average molecular weight is 282 g/mol. The molecule has 20 heavy (non-hydrogen) atoms. The molecule has 2 heterocycles. The summed E-state index contributed by atoms with van der Waals surface area (Å²) in [4.78, 5) is 21.5. The minimum Gasteiger partial charge on any atom is -0.444 e. The largest absolute Gasteiger partial charge is 0.444 e. The second kappa shape index (κ2) is 5.70. The molecule has 1 aliphatic heterocycles. The van der Waals surface area contributed by atoms with Crippen LogP contribution in [0.4, 0.5) is 9.18 Å². The standard InChI is InChI=1S/C13H19FN4O2/c1-13(2,3)20-12(19)18-5-4-15-10(8-18)11-16-6-9(14)7-17-11/h6-7,10,15H,4-5,8H2,1-3H3. The van der Waals surface area contributed by atoms with E-state index in [0.29, 0.717) is 25.5 Å². The number of hydrogen-bond donors (Lipinski definition) is 1. The van der Waals surface area contributed by atoms with Crippen LogP contribution in [-0.4, -0.2) is 46.2 Å². The van der Waals surface area contributed by atoms with Gasteiger partial charge in [0.05, 0.1) is 18.4 Å². The molecule has 0 aromatic carbocycles. The van der Waals surface area contributed by atoms with Gasteiger partial charge in [-0.15, -0.1) is 0 Å². The zero-order chi connectivity index (χ0) is 14.8. The van der Waals surface area contributed by atoms with Crippen LogP contribution in [-0.2, 0) is 4.74 Å². The number of carbonyl (C=O) groups is 1. The van der Waals surface area contributed by atoms with Crippen LogP contribution >= 0.6 is 0 Å². The van der Waals surface area contributed by atoms with E-state index in [1.807, 2.05) is 20.8 Å². The topological polar surface area (TPSA) is 67.3 Å². The second-order valence-electron chi connectivity index (χ2n) is 5.69. The van der Waals surface area contributed by atoms with E-state index in [-0.39, 0.29) is 12.1 Å². The van der Waals surface area contributed by atoms with E-state index in [1.54, 1.807) is 4.90 Å². The van der Waals surface area contributed by atoms with Crippen molar-refractivity contribution in [3.8, 4) is 0 Å². The third-order valence-electron chi connectivity index (χ3n) is 2.78. The summed E-state index contributed by atoms with van der Waals surface area (Å²) in [5, 5.41) is 3.21. The molecular weight excluding hydrogens is 263 g/mol. The lowest BCUT2D eigenvalue weighted by molar-refractivity contribution is 0.0192. The Bertz CT molecular complexity index is 472. The van der Waals surface area contributed by atoms with Gasteiger partial charge >= 0.3 is 6.09 Å². The van der Waals surface area contributed by atoms with Crippen molar-refractivity contribution in [1.82, 2.24) is 20.2 Å². The molecule has 1 atom stereocenters. The number of nitrogens with one attached hydrogen (secondary N) is 1. The van der Waals surface area contributed by atoms with Crippen LogP contribution in [0.3, 0.4) is 0 Å². The summed E-state index contributed by atoms with van der Waals surface area (Å²) in [5.41, 5.74) is -0.524. The van der Waals surface area contributed by atoms with Crippen molar-refractivity contribution in [3.63, 3.8) is 0 Å². The van der Waals surface area contributed by atoms with Crippen molar-refractivity contribution >= 4 is 6.09 Å².